The number of fused-ring (bicyclic) bond motifs is 1. The van der Waals surface area contributed by atoms with Crippen molar-refractivity contribution in [2.24, 2.45) is 5.92 Å². The first-order valence-electron chi connectivity index (χ1n) is 7.42. The quantitative estimate of drug-likeness (QED) is 0.897. The Morgan fingerprint density at radius 3 is 2.75 bits per heavy atom. The summed E-state index contributed by atoms with van der Waals surface area (Å²) in [4.78, 5) is 12.4. The van der Waals surface area contributed by atoms with Crippen LogP contribution < -0.4 is 10.1 Å². The molecule has 0 bridgehead atoms. The second-order valence-corrected chi connectivity index (χ2v) is 5.54. The summed E-state index contributed by atoms with van der Waals surface area (Å²) in [6.45, 7) is 2.12. The lowest BCUT2D eigenvalue weighted by Gasteiger charge is -2.25. The molecule has 0 unspecified atom stereocenters. The average molecular weight is 275 g/mol. The number of hydrogen-bond donors (Lipinski definition) is 1. The summed E-state index contributed by atoms with van der Waals surface area (Å²) in [5, 5.41) is 3.17. The first-order valence-corrected chi connectivity index (χ1v) is 7.42. The van der Waals surface area contributed by atoms with Crippen molar-refractivity contribution in [2.45, 2.75) is 31.7 Å². The van der Waals surface area contributed by atoms with Crippen molar-refractivity contribution >= 4 is 5.91 Å². The second-order valence-electron chi connectivity index (χ2n) is 5.54. The van der Waals surface area contributed by atoms with Crippen LogP contribution >= 0.6 is 0 Å². The van der Waals surface area contributed by atoms with Crippen LogP contribution in [0, 0.1) is 5.92 Å². The van der Waals surface area contributed by atoms with Gasteiger partial charge >= 0.3 is 0 Å². The van der Waals surface area contributed by atoms with E-state index in [1.807, 2.05) is 18.2 Å². The molecule has 1 N–H and O–H groups in total. The highest BCUT2D eigenvalue weighted by molar-refractivity contribution is 5.79. The van der Waals surface area contributed by atoms with Gasteiger partial charge in [0.1, 0.15) is 5.75 Å². The molecule has 2 aliphatic rings. The van der Waals surface area contributed by atoms with Crippen LogP contribution in [0.1, 0.15) is 24.8 Å². The second kappa shape index (κ2) is 6.27. The first-order chi connectivity index (χ1) is 9.83. The molecule has 0 radical (unpaired) electrons. The van der Waals surface area contributed by atoms with Gasteiger partial charge in [0.05, 0.1) is 6.61 Å². The van der Waals surface area contributed by atoms with Gasteiger partial charge in [-0.1, -0.05) is 18.2 Å². The maximum absolute atomic E-state index is 12.4. The van der Waals surface area contributed by atoms with Crippen molar-refractivity contribution in [2.75, 3.05) is 19.8 Å². The largest absolute Gasteiger partial charge is 0.493 e. The van der Waals surface area contributed by atoms with Gasteiger partial charge < -0.3 is 14.8 Å². The maximum atomic E-state index is 12.4. The van der Waals surface area contributed by atoms with Crippen LogP contribution in [0.3, 0.4) is 0 Å². The molecule has 0 aromatic heterocycles. The number of rotatable bonds is 2. The molecule has 4 heteroatoms. The van der Waals surface area contributed by atoms with Gasteiger partial charge in [-0.25, -0.2) is 0 Å². The highest BCUT2D eigenvalue weighted by Gasteiger charge is 2.26. The summed E-state index contributed by atoms with van der Waals surface area (Å²) in [6, 6.07) is 8.28. The summed E-state index contributed by atoms with van der Waals surface area (Å²) >= 11 is 0. The number of ether oxygens (including phenoxy) is 2. The minimum atomic E-state index is 0.0153. The van der Waals surface area contributed by atoms with Gasteiger partial charge in [-0.05, 0) is 37.3 Å². The smallest absolute Gasteiger partial charge is 0.223 e. The molecule has 0 aliphatic carbocycles. The van der Waals surface area contributed by atoms with Crippen LogP contribution in [-0.2, 0) is 16.0 Å². The lowest BCUT2D eigenvalue weighted by Crippen LogP contribution is -2.42. The number of para-hydroxylation sites is 1. The summed E-state index contributed by atoms with van der Waals surface area (Å²) in [5.41, 5.74) is 1.14. The summed E-state index contributed by atoms with van der Waals surface area (Å²) in [5.74, 6) is 1.10. The van der Waals surface area contributed by atoms with Crippen molar-refractivity contribution < 1.29 is 14.3 Å². The van der Waals surface area contributed by atoms with Crippen LogP contribution in [0.5, 0.6) is 5.75 Å². The summed E-state index contributed by atoms with van der Waals surface area (Å²) < 4.78 is 11.0. The lowest BCUT2D eigenvalue weighted by molar-refractivity contribution is -0.126. The van der Waals surface area contributed by atoms with Crippen molar-refractivity contribution in [1.82, 2.24) is 5.32 Å². The molecule has 1 aromatic rings. The fraction of sp³-hybridized carbons (Fsp3) is 0.562. The van der Waals surface area contributed by atoms with E-state index in [0.717, 1.165) is 50.2 Å². The van der Waals surface area contributed by atoms with Crippen molar-refractivity contribution in [1.29, 1.82) is 0 Å². The number of carbonyl (C=O) groups excluding carboxylic acids is 1. The zero-order valence-corrected chi connectivity index (χ0v) is 11.6. The van der Waals surface area contributed by atoms with Gasteiger partial charge in [-0.2, -0.15) is 0 Å². The molecule has 1 saturated heterocycles. The molecule has 1 amide bonds. The Morgan fingerprint density at radius 2 is 1.90 bits per heavy atom. The molecule has 20 heavy (non-hydrogen) atoms. The highest BCUT2D eigenvalue weighted by Crippen LogP contribution is 2.26. The van der Waals surface area contributed by atoms with Gasteiger partial charge in [-0.15, -0.1) is 0 Å². The molecule has 108 valence electrons. The number of hydrogen-bond acceptors (Lipinski definition) is 3. The number of benzene rings is 1. The fourth-order valence-electron chi connectivity index (χ4n) is 2.88. The van der Waals surface area contributed by atoms with E-state index in [1.54, 1.807) is 0 Å². The minimum Gasteiger partial charge on any atom is -0.493 e. The van der Waals surface area contributed by atoms with E-state index in [2.05, 4.69) is 11.4 Å². The zero-order valence-electron chi connectivity index (χ0n) is 11.6. The van der Waals surface area contributed by atoms with Crippen molar-refractivity contribution in [3.8, 4) is 5.75 Å². The Kier molecular flexibility index (Phi) is 4.21. The maximum Gasteiger partial charge on any atom is 0.223 e. The third-order valence-electron chi connectivity index (χ3n) is 4.10. The van der Waals surface area contributed by atoms with E-state index in [9.17, 15) is 4.79 Å². The van der Waals surface area contributed by atoms with E-state index in [-0.39, 0.29) is 17.9 Å². The molecule has 1 fully saturated rings. The van der Waals surface area contributed by atoms with Gasteiger partial charge in [0.15, 0.2) is 0 Å². The fourth-order valence-corrected chi connectivity index (χ4v) is 2.88. The number of amides is 1. The number of carbonyl (C=O) groups is 1. The van der Waals surface area contributed by atoms with Crippen LogP contribution in [0.25, 0.3) is 0 Å². The van der Waals surface area contributed by atoms with Crippen LogP contribution in [-0.4, -0.2) is 31.8 Å². The van der Waals surface area contributed by atoms with E-state index >= 15 is 0 Å². The topological polar surface area (TPSA) is 47.6 Å². The Morgan fingerprint density at radius 1 is 1.10 bits per heavy atom. The van der Waals surface area contributed by atoms with Gasteiger partial charge in [0.2, 0.25) is 5.91 Å². The van der Waals surface area contributed by atoms with Crippen LogP contribution in [0.15, 0.2) is 24.3 Å². The minimum absolute atomic E-state index is 0.0153. The Labute approximate surface area is 119 Å². The van der Waals surface area contributed by atoms with Gasteiger partial charge in [0, 0.05) is 25.2 Å². The average Bonchev–Trinajstić information content (AvgIpc) is 2.70. The molecule has 4 nitrogen and oxygen atoms in total. The molecule has 0 saturated carbocycles. The van der Waals surface area contributed by atoms with Gasteiger partial charge in [-0.3, -0.25) is 4.79 Å². The summed E-state index contributed by atoms with van der Waals surface area (Å²) in [7, 11) is 0. The first kappa shape index (κ1) is 13.4. The standard InChI is InChI=1S/C16H21NO3/c18-16(17-14-6-8-19-9-7-14)13-5-10-20-15-4-2-1-3-12(15)11-13/h1-4,13-14H,5-11H2,(H,17,18)/t13-/m1/s1. The Balaban J connectivity index is 1.63. The molecule has 2 heterocycles. The van der Waals surface area contributed by atoms with Crippen LogP contribution in [0.4, 0.5) is 0 Å². The van der Waals surface area contributed by atoms with Crippen LogP contribution in [0.2, 0.25) is 0 Å². The molecule has 1 aromatic carbocycles. The normalized spacial score (nSPS) is 23.3. The molecule has 0 spiro atoms. The lowest BCUT2D eigenvalue weighted by atomic mass is 9.95. The Hall–Kier alpha value is -1.55. The van der Waals surface area contributed by atoms with E-state index in [1.165, 1.54) is 0 Å². The Bertz CT molecular complexity index is 469. The van der Waals surface area contributed by atoms with E-state index in [4.69, 9.17) is 9.47 Å². The number of nitrogens with one attached hydrogen (secondary N) is 1. The SMILES string of the molecule is O=C(NC1CCOCC1)[C@@H]1CCOc2ccccc2C1. The van der Waals surface area contributed by atoms with E-state index in [0.29, 0.717) is 6.61 Å². The third-order valence-corrected chi connectivity index (χ3v) is 4.10. The molecule has 3 rings (SSSR count). The molecule has 1 atom stereocenters. The molecular weight excluding hydrogens is 254 g/mol. The summed E-state index contributed by atoms with van der Waals surface area (Å²) in [6.07, 6.45) is 3.39. The highest BCUT2D eigenvalue weighted by atomic mass is 16.5. The zero-order chi connectivity index (χ0) is 13.8. The molecular formula is C16H21NO3. The monoisotopic (exact) mass is 275 g/mol. The molecule has 2 aliphatic heterocycles. The van der Waals surface area contributed by atoms with Gasteiger partial charge in [0.25, 0.3) is 0 Å². The predicted octanol–water partition coefficient (Wildman–Crippen LogP) is 1.92. The van der Waals surface area contributed by atoms with Crippen molar-refractivity contribution in [3.05, 3.63) is 29.8 Å². The predicted molar refractivity (Wildman–Crippen MR) is 75.7 cm³/mol. The van der Waals surface area contributed by atoms with Crippen molar-refractivity contribution in [3.63, 3.8) is 0 Å². The third kappa shape index (κ3) is 3.12. The van der Waals surface area contributed by atoms with E-state index < -0.39 is 0 Å².